The second kappa shape index (κ2) is 9.36. The summed E-state index contributed by atoms with van der Waals surface area (Å²) in [6, 6.07) is 4.21. The Hall–Kier alpha value is -2.10. The van der Waals surface area contributed by atoms with Crippen molar-refractivity contribution in [1.29, 1.82) is 0 Å². The van der Waals surface area contributed by atoms with Gasteiger partial charge in [0.05, 0.1) is 40.8 Å². The first kappa shape index (κ1) is 22.6. The number of aliphatic hydroxyl groups excluding tert-OH is 2. The van der Waals surface area contributed by atoms with Crippen molar-refractivity contribution in [3.63, 3.8) is 0 Å². The van der Waals surface area contributed by atoms with E-state index in [9.17, 15) is 28.2 Å². The highest BCUT2D eigenvalue weighted by molar-refractivity contribution is 6.33. The third-order valence-electron chi connectivity index (χ3n) is 5.39. The van der Waals surface area contributed by atoms with Gasteiger partial charge < -0.3 is 15.5 Å². The second-order valence-electron chi connectivity index (χ2n) is 7.51. The molecule has 1 aliphatic rings. The number of nitrogens with one attached hydrogen (secondary N) is 1. The molecule has 10 heteroatoms. The molecule has 2 aromatic rings. The monoisotopic (exact) mass is 445 g/mol. The predicted octanol–water partition coefficient (Wildman–Crippen LogP) is 3.53. The molecule has 0 aliphatic heterocycles. The average molecular weight is 446 g/mol. The second-order valence-corrected chi connectivity index (χ2v) is 7.92. The molecule has 0 spiro atoms. The van der Waals surface area contributed by atoms with Crippen molar-refractivity contribution in [3.8, 4) is 0 Å². The molecule has 1 amide bonds. The van der Waals surface area contributed by atoms with Gasteiger partial charge in [0.1, 0.15) is 0 Å². The molecular formula is C20H23ClF3N3O3. The predicted molar refractivity (Wildman–Crippen MR) is 104 cm³/mol. The Morgan fingerprint density at radius 1 is 1.17 bits per heavy atom. The maximum Gasteiger partial charge on any atom is 0.416 e. The smallest absolute Gasteiger partial charge is 0.390 e. The summed E-state index contributed by atoms with van der Waals surface area (Å²) in [4.78, 5) is 12.5. The molecule has 6 nitrogen and oxygen atoms in total. The van der Waals surface area contributed by atoms with E-state index in [1.54, 1.807) is 10.7 Å². The number of halogens is 4. The molecule has 1 heterocycles. The minimum absolute atomic E-state index is 0.0240. The average Bonchev–Trinajstić information content (AvgIpc) is 3.10. The summed E-state index contributed by atoms with van der Waals surface area (Å²) in [6.45, 7) is 0.225. The van der Waals surface area contributed by atoms with Crippen LogP contribution in [-0.4, -0.2) is 31.9 Å². The van der Waals surface area contributed by atoms with E-state index in [0.29, 0.717) is 30.8 Å². The van der Waals surface area contributed by atoms with Crippen LogP contribution in [0.4, 0.5) is 13.2 Å². The summed E-state index contributed by atoms with van der Waals surface area (Å²) in [5.41, 5.74) is 0.0304. The molecule has 0 saturated heterocycles. The first-order chi connectivity index (χ1) is 14.2. The van der Waals surface area contributed by atoms with Gasteiger partial charge in [-0.1, -0.05) is 11.6 Å². The molecule has 3 rings (SSSR count). The molecule has 0 radical (unpaired) electrons. The lowest BCUT2D eigenvalue weighted by molar-refractivity contribution is -0.137. The zero-order valence-corrected chi connectivity index (χ0v) is 16.9. The van der Waals surface area contributed by atoms with E-state index in [4.69, 9.17) is 11.6 Å². The number of aliphatic hydroxyl groups is 2. The number of alkyl halides is 3. The molecular weight excluding hydrogens is 423 g/mol. The van der Waals surface area contributed by atoms with Crippen LogP contribution in [0.1, 0.15) is 53.0 Å². The van der Waals surface area contributed by atoms with Crippen LogP contribution in [0.2, 0.25) is 5.02 Å². The molecule has 0 atom stereocenters. The minimum atomic E-state index is -4.55. The topological polar surface area (TPSA) is 87.4 Å². The van der Waals surface area contributed by atoms with E-state index in [-0.39, 0.29) is 35.8 Å². The van der Waals surface area contributed by atoms with Gasteiger partial charge in [-0.2, -0.15) is 18.3 Å². The number of aromatic nitrogens is 2. The number of amides is 1. The van der Waals surface area contributed by atoms with Crippen molar-refractivity contribution in [1.82, 2.24) is 15.1 Å². The van der Waals surface area contributed by atoms with Crippen LogP contribution >= 0.6 is 11.6 Å². The van der Waals surface area contributed by atoms with Gasteiger partial charge in [-0.25, -0.2) is 0 Å². The van der Waals surface area contributed by atoms with E-state index < -0.39 is 17.6 Å². The maximum absolute atomic E-state index is 12.9. The van der Waals surface area contributed by atoms with Crippen molar-refractivity contribution in [2.45, 2.75) is 57.7 Å². The molecule has 0 unspecified atom stereocenters. The van der Waals surface area contributed by atoms with E-state index in [2.05, 4.69) is 10.4 Å². The number of hydrogen-bond donors (Lipinski definition) is 3. The number of hydrogen-bond acceptors (Lipinski definition) is 4. The summed E-state index contributed by atoms with van der Waals surface area (Å²) in [6.07, 6.45) is -1.61. The normalized spacial score (nSPS) is 19.7. The Kier molecular flexibility index (Phi) is 7.05. The lowest BCUT2D eigenvalue weighted by atomic mass is 9.86. The Balaban J connectivity index is 1.57. The van der Waals surface area contributed by atoms with Crippen molar-refractivity contribution in [2.24, 2.45) is 5.92 Å². The minimum Gasteiger partial charge on any atom is -0.390 e. The summed E-state index contributed by atoms with van der Waals surface area (Å²) < 4.78 is 40.4. The molecule has 1 aromatic carbocycles. The van der Waals surface area contributed by atoms with Crippen LogP contribution in [0.5, 0.6) is 0 Å². The molecule has 1 saturated carbocycles. The zero-order valence-electron chi connectivity index (χ0n) is 16.1. The Bertz CT molecular complexity index is 893. The van der Waals surface area contributed by atoms with Crippen LogP contribution < -0.4 is 5.32 Å². The maximum atomic E-state index is 12.9. The highest BCUT2D eigenvalue weighted by atomic mass is 35.5. The van der Waals surface area contributed by atoms with Crippen LogP contribution in [0.25, 0.3) is 0 Å². The molecule has 3 N–H and O–H groups in total. The van der Waals surface area contributed by atoms with Crippen molar-refractivity contribution in [2.75, 3.05) is 0 Å². The fourth-order valence-corrected chi connectivity index (χ4v) is 3.95. The summed E-state index contributed by atoms with van der Waals surface area (Å²) in [5, 5.41) is 25.7. The highest BCUT2D eigenvalue weighted by Crippen LogP contribution is 2.32. The Morgan fingerprint density at radius 3 is 2.47 bits per heavy atom. The lowest BCUT2D eigenvalue weighted by Crippen LogP contribution is -2.38. The van der Waals surface area contributed by atoms with E-state index in [1.807, 2.05) is 0 Å². The van der Waals surface area contributed by atoms with E-state index in [0.717, 1.165) is 31.0 Å². The van der Waals surface area contributed by atoms with Crippen LogP contribution in [0.3, 0.4) is 0 Å². The highest BCUT2D eigenvalue weighted by Gasteiger charge is 2.32. The number of rotatable bonds is 6. The molecule has 0 bridgehead atoms. The Morgan fingerprint density at radius 2 is 1.87 bits per heavy atom. The van der Waals surface area contributed by atoms with Gasteiger partial charge in [-0.15, -0.1) is 0 Å². The van der Waals surface area contributed by atoms with E-state index >= 15 is 0 Å². The largest absolute Gasteiger partial charge is 0.416 e. The zero-order chi connectivity index (χ0) is 21.9. The van der Waals surface area contributed by atoms with Crippen LogP contribution in [0, 0.1) is 5.92 Å². The van der Waals surface area contributed by atoms with Gasteiger partial charge in [-0.3, -0.25) is 9.48 Å². The van der Waals surface area contributed by atoms with Crippen molar-refractivity contribution < 1.29 is 28.2 Å². The first-order valence-electron chi connectivity index (χ1n) is 9.66. The standard InChI is InChI=1S/C20H23ClF3N3O3/c21-18-6-3-13(20(22,23)24)7-17(18)19(30)25-14-4-1-12(2-5-14)9-27-16(11-29)8-15(10-28)26-27/h3,6-8,12,14,28-29H,1-2,4-5,9-11H2,(H,25,30). The number of carbonyl (C=O) groups is 1. The SMILES string of the molecule is O=C(NC1CCC(Cn2nc(CO)cc2CO)CC1)c1cc(C(F)(F)F)ccc1Cl. The number of nitrogens with zero attached hydrogens (tertiary/aromatic N) is 2. The fraction of sp³-hybridized carbons (Fsp3) is 0.500. The molecule has 164 valence electrons. The molecule has 30 heavy (non-hydrogen) atoms. The van der Waals surface area contributed by atoms with Crippen molar-refractivity contribution in [3.05, 3.63) is 51.8 Å². The molecule has 1 aromatic heterocycles. The van der Waals surface area contributed by atoms with Gasteiger partial charge in [0, 0.05) is 12.6 Å². The summed E-state index contributed by atoms with van der Waals surface area (Å²) in [5.74, 6) is -0.330. The van der Waals surface area contributed by atoms with Crippen molar-refractivity contribution >= 4 is 17.5 Å². The quantitative estimate of drug-likeness (QED) is 0.634. The van der Waals surface area contributed by atoms with E-state index in [1.165, 1.54) is 0 Å². The number of benzene rings is 1. The van der Waals surface area contributed by atoms with Gasteiger partial charge in [-0.05, 0) is 55.9 Å². The molecule has 1 fully saturated rings. The third-order valence-corrected chi connectivity index (χ3v) is 5.72. The van der Waals surface area contributed by atoms with Gasteiger partial charge in [0.25, 0.3) is 5.91 Å². The Labute approximate surface area is 176 Å². The van der Waals surface area contributed by atoms with Gasteiger partial charge in [0.2, 0.25) is 0 Å². The van der Waals surface area contributed by atoms with Crippen LogP contribution in [0.15, 0.2) is 24.3 Å². The first-order valence-corrected chi connectivity index (χ1v) is 10.0. The van der Waals surface area contributed by atoms with Crippen LogP contribution in [-0.2, 0) is 25.9 Å². The number of carbonyl (C=O) groups excluding carboxylic acids is 1. The van der Waals surface area contributed by atoms with Gasteiger partial charge in [0.15, 0.2) is 0 Å². The molecule has 1 aliphatic carbocycles. The van der Waals surface area contributed by atoms with Gasteiger partial charge >= 0.3 is 6.18 Å². The summed E-state index contributed by atoms with van der Waals surface area (Å²) in [7, 11) is 0. The lowest BCUT2D eigenvalue weighted by Gasteiger charge is -2.29. The summed E-state index contributed by atoms with van der Waals surface area (Å²) >= 11 is 5.94. The third kappa shape index (κ3) is 5.33. The fourth-order valence-electron chi connectivity index (χ4n) is 3.75.